The van der Waals surface area contributed by atoms with Crippen molar-refractivity contribution in [3.8, 4) is 0 Å². The molecule has 0 amide bonds. The van der Waals surface area contributed by atoms with Gasteiger partial charge in [0.25, 0.3) is 5.69 Å². The summed E-state index contributed by atoms with van der Waals surface area (Å²) in [6, 6.07) is 4.75. The van der Waals surface area contributed by atoms with Gasteiger partial charge in [0, 0.05) is 24.4 Å². The zero-order valence-corrected chi connectivity index (χ0v) is 11.6. The smallest absolute Gasteiger partial charge is 0.273 e. The van der Waals surface area contributed by atoms with Crippen molar-refractivity contribution in [3.05, 3.63) is 28.3 Å². The quantitative estimate of drug-likeness (QED) is 0.422. The lowest BCUT2D eigenvalue weighted by molar-refractivity contribution is -0.384. The molecule has 1 aliphatic carbocycles. The maximum Gasteiger partial charge on any atom is 0.273 e. The van der Waals surface area contributed by atoms with Crippen LogP contribution < -0.4 is 16.6 Å². The molecule has 0 atom stereocenters. The number of rotatable bonds is 6. The lowest BCUT2D eigenvalue weighted by Crippen LogP contribution is -2.13. The first-order chi connectivity index (χ1) is 9.69. The predicted molar refractivity (Wildman–Crippen MR) is 80.6 cm³/mol. The second-order valence-corrected chi connectivity index (χ2v) is 5.39. The number of nitrogen functional groups attached to an aromatic ring is 1. The molecule has 20 heavy (non-hydrogen) atoms. The van der Waals surface area contributed by atoms with Gasteiger partial charge in [-0.3, -0.25) is 16.0 Å². The van der Waals surface area contributed by atoms with E-state index in [0.29, 0.717) is 5.69 Å². The third-order valence-corrected chi connectivity index (χ3v) is 3.90. The molecule has 1 fully saturated rings. The number of hydrazine groups is 1. The van der Waals surface area contributed by atoms with Gasteiger partial charge < -0.3 is 10.7 Å². The fourth-order valence-corrected chi connectivity index (χ4v) is 2.80. The van der Waals surface area contributed by atoms with E-state index < -0.39 is 4.92 Å². The first kappa shape index (κ1) is 14.6. The van der Waals surface area contributed by atoms with Crippen LogP contribution in [0.25, 0.3) is 0 Å². The Morgan fingerprint density at radius 1 is 1.20 bits per heavy atom. The summed E-state index contributed by atoms with van der Waals surface area (Å²) in [6.45, 7) is 0.843. The van der Waals surface area contributed by atoms with E-state index in [1.807, 2.05) is 0 Å². The zero-order chi connectivity index (χ0) is 14.4. The molecule has 0 spiro atoms. The molecule has 6 heteroatoms. The predicted octanol–water partition coefficient (Wildman–Crippen LogP) is 3.26. The van der Waals surface area contributed by atoms with Gasteiger partial charge in [0.1, 0.15) is 0 Å². The molecule has 0 unspecified atom stereocenters. The Labute approximate surface area is 118 Å². The molecular weight excluding hydrogens is 256 g/mol. The van der Waals surface area contributed by atoms with Crippen LogP contribution in [0.15, 0.2) is 18.2 Å². The van der Waals surface area contributed by atoms with E-state index in [0.717, 1.165) is 24.6 Å². The van der Waals surface area contributed by atoms with Crippen LogP contribution in [0.2, 0.25) is 0 Å². The summed E-state index contributed by atoms with van der Waals surface area (Å²) in [4.78, 5) is 10.4. The van der Waals surface area contributed by atoms with E-state index in [2.05, 4.69) is 10.7 Å². The SMILES string of the molecule is NNc1cc(NCCC2CCCCC2)cc([N+](=O)[O-])c1. The number of hydrogen-bond donors (Lipinski definition) is 3. The minimum absolute atomic E-state index is 0.0422. The number of hydrogen-bond acceptors (Lipinski definition) is 5. The second-order valence-electron chi connectivity index (χ2n) is 5.39. The minimum atomic E-state index is -0.410. The Bertz CT molecular complexity index is 458. The maximum atomic E-state index is 10.9. The van der Waals surface area contributed by atoms with Crippen molar-refractivity contribution in [2.75, 3.05) is 17.3 Å². The number of nitro groups is 1. The molecule has 6 nitrogen and oxygen atoms in total. The highest BCUT2D eigenvalue weighted by molar-refractivity contribution is 5.63. The van der Waals surface area contributed by atoms with Crippen LogP contribution in [-0.2, 0) is 0 Å². The molecule has 0 heterocycles. The van der Waals surface area contributed by atoms with Crippen LogP contribution in [0.3, 0.4) is 0 Å². The van der Waals surface area contributed by atoms with E-state index in [4.69, 9.17) is 5.84 Å². The summed E-state index contributed by atoms with van der Waals surface area (Å²) in [5, 5.41) is 14.1. The Hall–Kier alpha value is -1.82. The van der Waals surface area contributed by atoms with Crippen molar-refractivity contribution in [3.63, 3.8) is 0 Å². The van der Waals surface area contributed by atoms with E-state index in [1.54, 1.807) is 12.1 Å². The summed E-state index contributed by atoms with van der Waals surface area (Å²) in [6.07, 6.45) is 7.78. The third kappa shape index (κ3) is 4.09. The molecule has 0 bridgehead atoms. The van der Waals surface area contributed by atoms with Crippen molar-refractivity contribution >= 4 is 17.1 Å². The lowest BCUT2D eigenvalue weighted by atomic mass is 9.87. The van der Waals surface area contributed by atoms with Crippen molar-refractivity contribution in [2.45, 2.75) is 38.5 Å². The zero-order valence-electron chi connectivity index (χ0n) is 11.6. The highest BCUT2D eigenvalue weighted by Gasteiger charge is 2.13. The van der Waals surface area contributed by atoms with Crippen LogP contribution in [0, 0.1) is 16.0 Å². The van der Waals surface area contributed by atoms with E-state index in [1.165, 1.54) is 38.2 Å². The van der Waals surface area contributed by atoms with E-state index in [-0.39, 0.29) is 5.69 Å². The Kier molecular flexibility index (Phi) is 5.17. The van der Waals surface area contributed by atoms with Crippen molar-refractivity contribution in [1.29, 1.82) is 0 Å². The summed E-state index contributed by atoms with van der Waals surface area (Å²) in [7, 11) is 0. The normalized spacial score (nSPS) is 15.8. The number of nitro benzene ring substituents is 1. The van der Waals surface area contributed by atoms with Gasteiger partial charge >= 0.3 is 0 Å². The van der Waals surface area contributed by atoms with Gasteiger partial charge in [-0.05, 0) is 18.4 Å². The van der Waals surface area contributed by atoms with Crippen molar-refractivity contribution in [2.24, 2.45) is 11.8 Å². The van der Waals surface area contributed by atoms with Gasteiger partial charge in [-0.15, -0.1) is 0 Å². The fourth-order valence-electron chi connectivity index (χ4n) is 2.80. The standard InChI is InChI=1S/C14H22N4O2/c15-17-13-8-12(9-14(10-13)18(19)20)16-7-6-11-4-2-1-3-5-11/h8-11,16-17H,1-7,15H2. The Balaban J connectivity index is 1.91. The van der Waals surface area contributed by atoms with Crippen LogP contribution in [0.4, 0.5) is 17.1 Å². The largest absolute Gasteiger partial charge is 0.385 e. The van der Waals surface area contributed by atoms with E-state index >= 15 is 0 Å². The van der Waals surface area contributed by atoms with Gasteiger partial charge in [-0.1, -0.05) is 32.1 Å². The molecule has 4 N–H and O–H groups in total. The highest BCUT2D eigenvalue weighted by Crippen LogP contribution is 2.27. The number of benzene rings is 1. The average Bonchev–Trinajstić information content (AvgIpc) is 2.48. The lowest BCUT2D eigenvalue weighted by Gasteiger charge is -2.21. The Morgan fingerprint density at radius 3 is 2.55 bits per heavy atom. The van der Waals surface area contributed by atoms with E-state index in [9.17, 15) is 10.1 Å². The van der Waals surface area contributed by atoms with Gasteiger partial charge in [-0.2, -0.15) is 0 Å². The molecule has 0 aliphatic heterocycles. The fraction of sp³-hybridized carbons (Fsp3) is 0.571. The van der Waals surface area contributed by atoms with Crippen molar-refractivity contribution in [1.82, 2.24) is 0 Å². The van der Waals surface area contributed by atoms with Crippen LogP contribution >= 0.6 is 0 Å². The molecule has 0 radical (unpaired) electrons. The van der Waals surface area contributed by atoms with Gasteiger partial charge in [-0.25, -0.2) is 0 Å². The summed E-state index contributed by atoms with van der Waals surface area (Å²) >= 11 is 0. The summed E-state index contributed by atoms with van der Waals surface area (Å²) in [5.41, 5.74) is 3.78. The number of nitrogens with zero attached hydrogens (tertiary/aromatic N) is 1. The van der Waals surface area contributed by atoms with Gasteiger partial charge in [0.15, 0.2) is 0 Å². The number of nitrogens with one attached hydrogen (secondary N) is 2. The summed E-state index contributed by atoms with van der Waals surface area (Å²) in [5.74, 6) is 6.13. The second kappa shape index (κ2) is 7.09. The molecule has 1 aliphatic rings. The number of anilines is 2. The van der Waals surface area contributed by atoms with Gasteiger partial charge in [0.05, 0.1) is 10.6 Å². The first-order valence-corrected chi connectivity index (χ1v) is 7.19. The molecule has 1 aromatic carbocycles. The molecule has 1 saturated carbocycles. The molecule has 110 valence electrons. The third-order valence-electron chi connectivity index (χ3n) is 3.90. The number of nitrogens with two attached hydrogens (primary N) is 1. The highest BCUT2D eigenvalue weighted by atomic mass is 16.6. The maximum absolute atomic E-state index is 10.9. The monoisotopic (exact) mass is 278 g/mol. The number of non-ortho nitro benzene ring substituents is 1. The van der Waals surface area contributed by atoms with Crippen LogP contribution in [0.5, 0.6) is 0 Å². The molecule has 2 rings (SSSR count). The molecule has 0 saturated heterocycles. The topological polar surface area (TPSA) is 93.2 Å². The van der Waals surface area contributed by atoms with Crippen LogP contribution in [0.1, 0.15) is 38.5 Å². The molecular formula is C14H22N4O2. The summed E-state index contributed by atoms with van der Waals surface area (Å²) < 4.78 is 0. The molecule has 0 aromatic heterocycles. The minimum Gasteiger partial charge on any atom is -0.385 e. The van der Waals surface area contributed by atoms with Crippen LogP contribution in [-0.4, -0.2) is 11.5 Å². The van der Waals surface area contributed by atoms with Gasteiger partial charge in [0.2, 0.25) is 0 Å². The average molecular weight is 278 g/mol. The Morgan fingerprint density at radius 2 is 1.90 bits per heavy atom. The van der Waals surface area contributed by atoms with Crippen molar-refractivity contribution < 1.29 is 4.92 Å². The molecule has 1 aromatic rings. The first-order valence-electron chi connectivity index (χ1n) is 7.19.